The number of fused-ring (bicyclic) bond motifs is 1. The zero-order valence-corrected chi connectivity index (χ0v) is 12.9. The van der Waals surface area contributed by atoms with Gasteiger partial charge in [-0.15, -0.1) is 0 Å². The molecular formula is C17H19N3O3. The average Bonchev–Trinajstić information content (AvgIpc) is 3.20. The molecule has 3 rings (SSSR count). The largest absolute Gasteiger partial charge is 0.472 e. The molecule has 0 aliphatic carbocycles. The van der Waals surface area contributed by atoms with Crippen molar-refractivity contribution < 1.29 is 14.0 Å². The smallest absolute Gasteiger partial charge is 0.261 e. The summed E-state index contributed by atoms with van der Waals surface area (Å²) in [6.45, 7) is 2.54. The topological polar surface area (TPSA) is 88.6 Å². The Hall–Kier alpha value is -2.76. The van der Waals surface area contributed by atoms with E-state index in [0.29, 0.717) is 18.5 Å². The van der Waals surface area contributed by atoms with Crippen molar-refractivity contribution >= 4 is 23.2 Å². The maximum absolute atomic E-state index is 12.5. The number of primary amides is 1. The van der Waals surface area contributed by atoms with Crippen LogP contribution in [0.25, 0.3) is 0 Å². The fourth-order valence-electron chi connectivity index (χ4n) is 2.82. The quantitative estimate of drug-likeness (QED) is 0.885. The van der Waals surface area contributed by atoms with Crippen LogP contribution in [0, 0.1) is 0 Å². The third-order valence-electron chi connectivity index (χ3n) is 4.08. The number of nitrogens with one attached hydrogen (secondary N) is 1. The molecule has 1 atom stereocenters. The molecule has 0 unspecified atom stereocenters. The molecule has 6 heteroatoms. The Balaban J connectivity index is 1.80. The lowest BCUT2D eigenvalue weighted by Gasteiger charge is -2.18. The minimum absolute atomic E-state index is 0.0678. The minimum Gasteiger partial charge on any atom is -0.472 e. The predicted octanol–water partition coefficient (Wildman–Crippen LogP) is 2.16. The number of amides is 2. The van der Waals surface area contributed by atoms with Crippen molar-refractivity contribution in [1.29, 1.82) is 0 Å². The Morgan fingerprint density at radius 3 is 2.87 bits per heavy atom. The van der Waals surface area contributed by atoms with Crippen LogP contribution < -0.4 is 16.0 Å². The molecule has 2 amide bonds. The highest BCUT2D eigenvalue weighted by molar-refractivity contribution is 6.07. The minimum atomic E-state index is -0.391. The van der Waals surface area contributed by atoms with E-state index in [0.717, 1.165) is 23.4 Å². The number of carbonyl (C=O) groups is 2. The third-order valence-corrected chi connectivity index (χ3v) is 4.08. The number of nitrogens with zero attached hydrogens (tertiary/aromatic N) is 1. The van der Waals surface area contributed by atoms with Gasteiger partial charge in [-0.25, -0.2) is 0 Å². The molecule has 0 spiro atoms. The van der Waals surface area contributed by atoms with E-state index in [-0.39, 0.29) is 11.8 Å². The standard InChI is InChI=1S/C17H19N3O3/c1-2-14(16(18)21)19-13-3-4-15-11(9-13)5-7-20(15)17(22)12-6-8-23-10-12/h3-4,6,8-10,14,19H,2,5,7H2,1H3,(H2,18,21)/t14-/m0/s1. The van der Waals surface area contributed by atoms with Crippen LogP contribution in [0.5, 0.6) is 0 Å². The Labute approximate surface area is 134 Å². The SMILES string of the molecule is CC[C@H](Nc1ccc2c(c1)CCN2C(=O)c1ccoc1)C(N)=O. The van der Waals surface area contributed by atoms with E-state index < -0.39 is 6.04 Å². The van der Waals surface area contributed by atoms with Crippen molar-refractivity contribution in [2.24, 2.45) is 5.73 Å². The fraction of sp³-hybridized carbons (Fsp3) is 0.294. The molecule has 0 bridgehead atoms. The zero-order valence-electron chi connectivity index (χ0n) is 12.9. The van der Waals surface area contributed by atoms with Gasteiger partial charge in [-0.1, -0.05) is 6.92 Å². The highest BCUT2D eigenvalue weighted by Crippen LogP contribution is 2.32. The second-order valence-corrected chi connectivity index (χ2v) is 5.57. The molecule has 0 saturated carbocycles. The van der Waals surface area contributed by atoms with E-state index in [4.69, 9.17) is 10.2 Å². The normalized spacial score (nSPS) is 14.4. The molecule has 6 nitrogen and oxygen atoms in total. The highest BCUT2D eigenvalue weighted by atomic mass is 16.3. The first-order chi connectivity index (χ1) is 11.1. The van der Waals surface area contributed by atoms with Crippen LogP contribution in [0.1, 0.15) is 29.3 Å². The number of nitrogens with two attached hydrogens (primary N) is 1. The lowest BCUT2D eigenvalue weighted by Crippen LogP contribution is -2.34. The van der Waals surface area contributed by atoms with Gasteiger partial charge in [0.15, 0.2) is 0 Å². The van der Waals surface area contributed by atoms with Gasteiger partial charge in [-0.2, -0.15) is 0 Å². The highest BCUT2D eigenvalue weighted by Gasteiger charge is 2.26. The van der Waals surface area contributed by atoms with E-state index in [1.165, 1.54) is 12.5 Å². The number of rotatable bonds is 5. The van der Waals surface area contributed by atoms with Crippen molar-refractivity contribution in [3.63, 3.8) is 0 Å². The molecule has 1 aliphatic rings. The van der Waals surface area contributed by atoms with Crippen molar-refractivity contribution in [3.05, 3.63) is 47.9 Å². The molecular weight excluding hydrogens is 294 g/mol. The summed E-state index contributed by atoms with van der Waals surface area (Å²) in [4.78, 5) is 25.5. The van der Waals surface area contributed by atoms with Gasteiger partial charge in [-0.3, -0.25) is 9.59 Å². The van der Waals surface area contributed by atoms with Crippen molar-refractivity contribution in [3.8, 4) is 0 Å². The first kappa shape index (κ1) is 15.1. The number of benzene rings is 1. The summed E-state index contributed by atoms with van der Waals surface area (Å²) >= 11 is 0. The third kappa shape index (κ3) is 2.92. The number of hydrogen-bond acceptors (Lipinski definition) is 4. The van der Waals surface area contributed by atoms with Crippen molar-refractivity contribution in [1.82, 2.24) is 0 Å². The van der Waals surface area contributed by atoms with E-state index in [2.05, 4.69) is 5.32 Å². The molecule has 2 aromatic rings. The molecule has 120 valence electrons. The first-order valence-corrected chi connectivity index (χ1v) is 7.63. The molecule has 23 heavy (non-hydrogen) atoms. The Bertz CT molecular complexity index is 725. The van der Waals surface area contributed by atoms with Crippen LogP contribution in [0.3, 0.4) is 0 Å². The summed E-state index contributed by atoms with van der Waals surface area (Å²) in [5.74, 6) is -0.438. The molecule has 3 N–H and O–H groups in total. The van der Waals surface area contributed by atoms with Gasteiger partial charge in [0.2, 0.25) is 5.91 Å². The fourth-order valence-corrected chi connectivity index (χ4v) is 2.82. The molecule has 2 heterocycles. The van der Waals surface area contributed by atoms with Crippen LogP contribution in [0.2, 0.25) is 0 Å². The maximum Gasteiger partial charge on any atom is 0.261 e. The second-order valence-electron chi connectivity index (χ2n) is 5.57. The first-order valence-electron chi connectivity index (χ1n) is 7.63. The number of furan rings is 1. The van der Waals surface area contributed by atoms with E-state index in [9.17, 15) is 9.59 Å². The van der Waals surface area contributed by atoms with Gasteiger partial charge in [-0.05, 0) is 42.7 Å². The summed E-state index contributed by atoms with van der Waals surface area (Å²) in [5, 5.41) is 3.14. The van der Waals surface area contributed by atoms with Gasteiger partial charge in [0.05, 0.1) is 11.8 Å². The van der Waals surface area contributed by atoms with Gasteiger partial charge >= 0.3 is 0 Å². The number of carbonyl (C=O) groups excluding carboxylic acids is 2. The van der Waals surface area contributed by atoms with Crippen LogP contribution >= 0.6 is 0 Å². The van der Waals surface area contributed by atoms with Crippen LogP contribution in [-0.4, -0.2) is 24.4 Å². The zero-order chi connectivity index (χ0) is 16.4. The molecule has 1 aliphatic heterocycles. The summed E-state index contributed by atoms with van der Waals surface area (Å²) < 4.78 is 4.98. The summed E-state index contributed by atoms with van der Waals surface area (Å²) in [5.41, 5.74) is 8.71. The monoisotopic (exact) mass is 313 g/mol. The lowest BCUT2D eigenvalue weighted by atomic mass is 10.1. The number of anilines is 2. The van der Waals surface area contributed by atoms with E-state index in [1.54, 1.807) is 11.0 Å². The van der Waals surface area contributed by atoms with Crippen molar-refractivity contribution in [2.45, 2.75) is 25.8 Å². The van der Waals surface area contributed by atoms with Crippen LogP contribution in [0.4, 0.5) is 11.4 Å². The van der Waals surface area contributed by atoms with Crippen molar-refractivity contribution in [2.75, 3.05) is 16.8 Å². The Morgan fingerprint density at radius 1 is 1.39 bits per heavy atom. The Kier molecular flexibility index (Phi) is 4.06. The van der Waals surface area contributed by atoms with Gasteiger partial charge in [0, 0.05) is 17.9 Å². The molecule has 1 aromatic heterocycles. The maximum atomic E-state index is 12.5. The van der Waals surface area contributed by atoms with Crippen LogP contribution in [-0.2, 0) is 11.2 Å². The summed E-state index contributed by atoms with van der Waals surface area (Å²) in [6, 6.07) is 7.01. The van der Waals surface area contributed by atoms with Gasteiger partial charge in [0.1, 0.15) is 12.3 Å². The van der Waals surface area contributed by atoms with Crippen LogP contribution in [0.15, 0.2) is 41.2 Å². The van der Waals surface area contributed by atoms with E-state index in [1.807, 2.05) is 25.1 Å². The predicted molar refractivity (Wildman–Crippen MR) is 87.4 cm³/mol. The molecule has 1 aromatic carbocycles. The molecule has 0 fully saturated rings. The van der Waals surface area contributed by atoms with E-state index >= 15 is 0 Å². The summed E-state index contributed by atoms with van der Waals surface area (Å²) in [6.07, 6.45) is 4.35. The molecule has 0 saturated heterocycles. The average molecular weight is 313 g/mol. The van der Waals surface area contributed by atoms with Gasteiger partial charge < -0.3 is 20.4 Å². The van der Waals surface area contributed by atoms with Gasteiger partial charge in [0.25, 0.3) is 5.91 Å². The number of hydrogen-bond donors (Lipinski definition) is 2. The Morgan fingerprint density at radius 2 is 2.22 bits per heavy atom. The second kappa shape index (κ2) is 6.16. The summed E-state index contributed by atoms with van der Waals surface area (Å²) in [7, 11) is 0. The lowest BCUT2D eigenvalue weighted by molar-refractivity contribution is -0.118. The molecule has 0 radical (unpaired) electrons.